The lowest BCUT2D eigenvalue weighted by Gasteiger charge is -1.40. The second-order valence-electron chi connectivity index (χ2n) is 0.440. The standard InChI is InChI=1S/H4O2SSi.H4Si/c1-3(2)4;/h3H,4H3;1H4. The summed E-state index contributed by atoms with van der Waals surface area (Å²) < 4.78 is 18.2. The molecule has 0 atom stereocenters. The normalized spacial score (nSPS) is 7.40. The summed E-state index contributed by atoms with van der Waals surface area (Å²) in [4.78, 5) is 0. The van der Waals surface area contributed by atoms with Gasteiger partial charge in [0.25, 0.3) is 0 Å². The zero-order valence-electron chi connectivity index (χ0n) is 2.26. The van der Waals surface area contributed by atoms with Gasteiger partial charge >= 0.3 is 0 Å². The van der Waals surface area contributed by atoms with Crippen LogP contribution in [0, 0.1) is 0 Å². The van der Waals surface area contributed by atoms with Crippen LogP contribution in [0.1, 0.15) is 0 Å². The van der Waals surface area contributed by atoms with Crippen molar-refractivity contribution in [1.82, 2.24) is 0 Å². The molecule has 0 aliphatic carbocycles. The van der Waals surface area contributed by atoms with Crippen molar-refractivity contribution >= 4 is 30.5 Å². The lowest BCUT2D eigenvalue weighted by molar-refractivity contribution is 0.626. The molecule has 0 saturated heterocycles. The van der Waals surface area contributed by atoms with Crippen LogP contribution in [0.3, 0.4) is 0 Å². The van der Waals surface area contributed by atoms with E-state index < -0.39 is 10.2 Å². The van der Waals surface area contributed by atoms with E-state index in [1.165, 1.54) is 0 Å². The molecule has 5 heteroatoms. The van der Waals surface area contributed by atoms with Crippen LogP contribution in [0.2, 0.25) is 0 Å². The van der Waals surface area contributed by atoms with Gasteiger partial charge in [-0.05, 0) is 11.0 Å². The minimum absolute atomic E-state index is 0. The first-order chi connectivity index (χ1) is 1.73. The highest BCUT2D eigenvalue weighted by Gasteiger charge is 1.46. The van der Waals surface area contributed by atoms with E-state index >= 15 is 0 Å². The van der Waals surface area contributed by atoms with E-state index in [9.17, 15) is 0 Å². The van der Waals surface area contributed by atoms with Crippen LogP contribution in [0.15, 0.2) is 0 Å². The molecule has 0 heterocycles. The van der Waals surface area contributed by atoms with Gasteiger partial charge in [0, 0.05) is 0 Å². The Morgan fingerprint density at radius 1 is 1.40 bits per heavy atom. The summed E-state index contributed by atoms with van der Waals surface area (Å²) in [6, 6.07) is 0. The molecule has 0 aromatic carbocycles. The molecule has 0 bridgehead atoms. The van der Waals surface area contributed by atoms with Crippen molar-refractivity contribution in [2.45, 2.75) is 0 Å². The Balaban J connectivity index is 0. The molecule has 0 spiro atoms. The Morgan fingerprint density at radius 2 is 1.40 bits per heavy atom. The lowest BCUT2D eigenvalue weighted by atomic mass is 15.9. The van der Waals surface area contributed by atoms with Crippen molar-refractivity contribution in [3.8, 4) is 0 Å². The number of thiol groups is 1. The van der Waals surface area contributed by atoms with Gasteiger partial charge in [-0.25, -0.2) is 8.42 Å². The highest BCUT2D eigenvalue weighted by Crippen LogP contribution is 1.25. The Morgan fingerprint density at radius 3 is 1.40 bits per heavy atom. The SMILES string of the molecule is O=[SH](=O)[SiH3].[SiH4]. The summed E-state index contributed by atoms with van der Waals surface area (Å²) in [5.41, 5.74) is 0. The van der Waals surface area contributed by atoms with E-state index in [-0.39, 0.29) is 11.0 Å². The predicted molar refractivity (Wildman–Crippen MR) is 31.6 cm³/mol. The quantitative estimate of drug-likeness (QED) is 0.270. The highest BCUT2D eigenvalue weighted by atomic mass is 32.4. The van der Waals surface area contributed by atoms with Crippen LogP contribution in [0.5, 0.6) is 0 Å². The Labute approximate surface area is 39.6 Å². The molecule has 0 unspecified atom stereocenters. The van der Waals surface area contributed by atoms with Crippen LogP contribution in [0.4, 0.5) is 0 Å². The van der Waals surface area contributed by atoms with E-state index in [0.717, 1.165) is 0 Å². The van der Waals surface area contributed by atoms with Crippen molar-refractivity contribution in [3.63, 3.8) is 0 Å². The fourth-order valence-corrected chi connectivity index (χ4v) is 0. The van der Waals surface area contributed by atoms with Crippen LogP contribution in [0.25, 0.3) is 0 Å². The maximum Gasteiger partial charge on any atom is 0.145 e. The Bertz CT molecular complexity index is 56.0. The summed E-state index contributed by atoms with van der Waals surface area (Å²) in [7, 11) is -1.68. The van der Waals surface area contributed by atoms with E-state index in [2.05, 4.69) is 0 Å². The molecule has 0 aromatic heterocycles. The number of rotatable bonds is 0. The van der Waals surface area contributed by atoms with Crippen LogP contribution < -0.4 is 0 Å². The molecule has 2 nitrogen and oxygen atoms in total. The summed E-state index contributed by atoms with van der Waals surface area (Å²) in [5, 5.41) is 0. The average molecular weight is 128 g/mol. The summed E-state index contributed by atoms with van der Waals surface area (Å²) >= 11 is 0. The maximum atomic E-state index is 9.10. The van der Waals surface area contributed by atoms with Gasteiger partial charge < -0.3 is 0 Å². The molecular formula is H8O2SSi2. The first-order valence-corrected chi connectivity index (χ1v) is 5.12. The lowest BCUT2D eigenvalue weighted by Crippen LogP contribution is -1.60. The van der Waals surface area contributed by atoms with Crippen LogP contribution in [-0.2, 0) is 10.2 Å². The van der Waals surface area contributed by atoms with Gasteiger partial charge in [0.05, 0.1) is 0 Å². The van der Waals surface area contributed by atoms with E-state index in [1.54, 1.807) is 0 Å². The van der Waals surface area contributed by atoms with E-state index in [4.69, 9.17) is 8.42 Å². The zero-order valence-corrected chi connectivity index (χ0v) is 5.16. The second kappa shape index (κ2) is 4.38. The van der Waals surface area contributed by atoms with Gasteiger partial charge in [-0.15, -0.1) is 0 Å². The van der Waals surface area contributed by atoms with Crippen molar-refractivity contribution in [1.29, 1.82) is 0 Å². The summed E-state index contributed by atoms with van der Waals surface area (Å²) in [5.74, 6) is 0. The van der Waals surface area contributed by atoms with Crippen molar-refractivity contribution < 1.29 is 8.42 Å². The van der Waals surface area contributed by atoms with Crippen LogP contribution >= 0.6 is 0 Å². The molecule has 0 saturated carbocycles. The third-order valence-electron chi connectivity index (χ3n) is 0. The van der Waals surface area contributed by atoms with Gasteiger partial charge in [0.15, 0.2) is 0 Å². The van der Waals surface area contributed by atoms with Gasteiger partial charge in [-0.3, -0.25) is 0 Å². The highest BCUT2D eigenvalue weighted by molar-refractivity contribution is 7.96. The van der Waals surface area contributed by atoms with Gasteiger partial charge in [0.1, 0.15) is 19.5 Å². The van der Waals surface area contributed by atoms with E-state index in [0.29, 0.717) is 9.39 Å². The summed E-state index contributed by atoms with van der Waals surface area (Å²) in [6.07, 6.45) is 0. The minimum Gasteiger partial charge on any atom is -0.240 e. The molecular weight excluding hydrogens is 120 g/mol. The second-order valence-corrected chi connectivity index (χ2v) is 3.51. The molecule has 0 N–H and O–H groups in total. The van der Waals surface area contributed by atoms with Crippen molar-refractivity contribution in [3.05, 3.63) is 0 Å². The van der Waals surface area contributed by atoms with Gasteiger partial charge in [-0.2, -0.15) is 0 Å². The fourth-order valence-electron chi connectivity index (χ4n) is 0. The number of hydrogen-bond acceptors (Lipinski definition) is 2. The average Bonchev–Trinajstić information content (AvgIpc) is 0.811. The van der Waals surface area contributed by atoms with E-state index in [1.807, 2.05) is 0 Å². The number of hydrogen-bond donors (Lipinski definition) is 1. The zero-order chi connectivity index (χ0) is 3.58. The van der Waals surface area contributed by atoms with Crippen molar-refractivity contribution in [2.24, 2.45) is 0 Å². The smallest absolute Gasteiger partial charge is 0.145 e. The molecule has 0 aliphatic rings. The van der Waals surface area contributed by atoms with Crippen LogP contribution in [-0.4, -0.2) is 28.8 Å². The largest absolute Gasteiger partial charge is 0.240 e. The first-order valence-electron chi connectivity index (χ1n) is 0.812. The molecule has 34 valence electrons. The van der Waals surface area contributed by atoms with Crippen molar-refractivity contribution in [2.75, 3.05) is 0 Å². The molecule has 0 radical (unpaired) electrons. The third kappa shape index (κ3) is 169. The fraction of sp³-hybridized carbons (Fsp3) is 0. The molecule has 5 heavy (non-hydrogen) atoms. The molecule has 0 rings (SSSR count). The Kier molecular flexibility index (Phi) is 7.92. The minimum atomic E-state index is -1.98. The topological polar surface area (TPSA) is 34.1 Å². The summed E-state index contributed by atoms with van der Waals surface area (Å²) in [6.45, 7) is 0. The molecule has 0 aromatic rings. The maximum absolute atomic E-state index is 9.10. The first kappa shape index (κ1) is 9.04. The van der Waals surface area contributed by atoms with Gasteiger partial charge in [0.2, 0.25) is 0 Å². The Hall–Kier alpha value is 0.384. The molecule has 0 aliphatic heterocycles. The monoisotopic (exact) mass is 128 g/mol. The predicted octanol–water partition coefficient (Wildman–Crippen LogP) is -3.57. The molecule has 0 fully saturated rings. The third-order valence-corrected chi connectivity index (χ3v) is 0. The van der Waals surface area contributed by atoms with Gasteiger partial charge in [-0.1, -0.05) is 0 Å². The molecule has 0 amide bonds.